The van der Waals surface area contributed by atoms with Crippen molar-refractivity contribution < 1.29 is 17.9 Å². The Labute approximate surface area is 218 Å². The highest BCUT2D eigenvalue weighted by molar-refractivity contribution is 7.89. The largest absolute Gasteiger partial charge is 0.453 e. The number of H-pyrrole nitrogens is 1. The topological polar surface area (TPSA) is 151 Å². The number of carbonyl (C=O) groups excluding carboxylic acids is 1. The number of anilines is 1. The average Bonchev–Trinajstić information content (AvgIpc) is 3.62. The Morgan fingerprint density at radius 1 is 1.28 bits per heavy atom. The lowest BCUT2D eigenvalue weighted by molar-refractivity contribution is 0.168. The van der Waals surface area contributed by atoms with Gasteiger partial charge < -0.3 is 20.4 Å². The summed E-state index contributed by atoms with van der Waals surface area (Å²) in [5, 5.41) is 5.93. The Balaban J connectivity index is 1.73. The number of nitrogens with one attached hydrogen (secondary N) is 4. The third-order valence-electron chi connectivity index (χ3n) is 5.53. The van der Waals surface area contributed by atoms with E-state index in [0.29, 0.717) is 35.1 Å². The number of rotatable bonds is 9. The van der Waals surface area contributed by atoms with E-state index in [1.165, 1.54) is 20.2 Å². The standard InChI is InChI=1S/C22H25Cl2N7O4S/c1-11(28-22(32)35-3)10-27-21-26-7-6-15(29-21)19-18(30-20(31-19)12-4-5-12)14-8-13(23)9-16(17(14)24)36(33,34)25-2/h6-9,11-12,25H,4-5,10H2,1-3H3,(H,28,32)(H,30,31)(H,26,27,29)/t11-/m0/s1. The second kappa shape index (κ2) is 10.6. The zero-order chi connectivity index (χ0) is 26.0. The highest BCUT2D eigenvalue weighted by atomic mass is 35.5. The molecule has 1 amide bonds. The Hall–Kier alpha value is -2.93. The van der Waals surface area contributed by atoms with E-state index in [1.807, 2.05) is 0 Å². The number of aromatic nitrogens is 4. The lowest BCUT2D eigenvalue weighted by Crippen LogP contribution is -2.37. The lowest BCUT2D eigenvalue weighted by atomic mass is 10.1. The summed E-state index contributed by atoms with van der Waals surface area (Å²) in [6.45, 7) is 2.16. The first-order chi connectivity index (χ1) is 17.1. The number of hydrogen-bond acceptors (Lipinski definition) is 8. The van der Waals surface area contributed by atoms with Gasteiger partial charge in [-0.1, -0.05) is 23.2 Å². The van der Waals surface area contributed by atoms with Gasteiger partial charge in [-0.25, -0.2) is 32.9 Å². The van der Waals surface area contributed by atoms with Crippen molar-refractivity contribution in [2.24, 2.45) is 0 Å². The first kappa shape index (κ1) is 26.1. The highest BCUT2D eigenvalue weighted by Crippen LogP contribution is 2.44. The molecular weight excluding hydrogens is 529 g/mol. The van der Waals surface area contributed by atoms with Gasteiger partial charge in [0.2, 0.25) is 16.0 Å². The van der Waals surface area contributed by atoms with Crippen LogP contribution >= 0.6 is 23.2 Å². The van der Waals surface area contributed by atoms with Crippen molar-refractivity contribution in [2.45, 2.75) is 36.6 Å². The molecule has 1 saturated carbocycles. The van der Waals surface area contributed by atoms with Crippen LogP contribution in [-0.4, -0.2) is 61.2 Å². The van der Waals surface area contributed by atoms with Crippen LogP contribution in [0.4, 0.5) is 10.7 Å². The van der Waals surface area contributed by atoms with Crippen LogP contribution in [0.25, 0.3) is 22.6 Å². The molecule has 1 aliphatic carbocycles. The van der Waals surface area contributed by atoms with Gasteiger partial charge in [0, 0.05) is 35.3 Å². The minimum Gasteiger partial charge on any atom is -0.453 e. The number of nitrogens with zero attached hydrogens (tertiary/aromatic N) is 3. The Kier molecular flexibility index (Phi) is 7.69. The molecule has 1 aromatic carbocycles. The summed E-state index contributed by atoms with van der Waals surface area (Å²) in [5.74, 6) is 1.37. The average molecular weight is 554 g/mol. The van der Waals surface area contributed by atoms with Gasteiger partial charge in [-0.2, -0.15) is 0 Å². The smallest absolute Gasteiger partial charge is 0.407 e. The molecule has 2 aromatic heterocycles. The molecule has 36 heavy (non-hydrogen) atoms. The second-order valence-electron chi connectivity index (χ2n) is 8.28. The van der Waals surface area contributed by atoms with Gasteiger partial charge in [0.15, 0.2) is 0 Å². The number of ether oxygens (including phenoxy) is 1. The van der Waals surface area contributed by atoms with Gasteiger partial charge >= 0.3 is 6.09 Å². The molecule has 4 N–H and O–H groups in total. The summed E-state index contributed by atoms with van der Waals surface area (Å²) in [5.41, 5.74) is 1.87. The first-order valence-corrected chi connectivity index (χ1v) is 13.3. The van der Waals surface area contributed by atoms with Gasteiger partial charge in [0.05, 0.1) is 29.2 Å². The number of imidazole rings is 1. The Morgan fingerprint density at radius 3 is 2.69 bits per heavy atom. The van der Waals surface area contributed by atoms with Gasteiger partial charge in [0.1, 0.15) is 10.7 Å². The Bertz CT molecular complexity index is 1390. The molecule has 1 atom stereocenters. The molecule has 1 fully saturated rings. The van der Waals surface area contributed by atoms with Crippen LogP contribution in [0, 0.1) is 0 Å². The molecule has 0 radical (unpaired) electrons. The predicted molar refractivity (Wildman–Crippen MR) is 137 cm³/mol. The lowest BCUT2D eigenvalue weighted by Gasteiger charge is -2.14. The molecule has 192 valence electrons. The normalized spacial score (nSPS) is 14.4. The number of sulfonamides is 1. The van der Waals surface area contributed by atoms with Gasteiger partial charge in [-0.3, -0.25) is 0 Å². The van der Waals surface area contributed by atoms with E-state index in [1.54, 1.807) is 25.3 Å². The van der Waals surface area contributed by atoms with Crippen molar-refractivity contribution in [3.8, 4) is 22.6 Å². The molecule has 4 rings (SSSR count). The van der Waals surface area contributed by atoms with E-state index in [-0.39, 0.29) is 26.9 Å². The number of halogens is 2. The minimum atomic E-state index is -3.87. The number of carbonyl (C=O) groups is 1. The van der Waals surface area contributed by atoms with Crippen LogP contribution in [0.5, 0.6) is 0 Å². The Morgan fingerprint density at radius 2 is 2.03 bits per heavy atom. The minimum absolute atomic E-state index is 0.000962. The molecule has 0 bridgehead atoms. The van der Waals surface area contributed by atoms with Gasteiger partial charge in [-0.05, 0) is 45.0 Å². The van der Waals surface area contributed by atoms with Crippen molar-refractivity contribution >= 4 is 45.3 Å². The van der Waals surface area contributed by atoms with Crippen LogP contribution in [0.1, 0.15) is 31.5 Å². The maximum absolute atomic E-state index is 12.5. The molecule has 0 spiro atoms. The van der Waals surface area contributed by atoms with Crippen molar-refractivity contribution in [2.75, 3.05) is 26.0 Å². The predicted octanol–water partition coefficient (Wildman–Crippen LogP) is 3.78. The molecule has 0 aliphatic heterocycles. The molecule has 0 saturated heterocycles. The van der Waals surface area contributed by atoms with Crippen molar-refractivity contribution in [3.05, 3.63) is 40.3 Å². The summed E-state index contributed by atoms with van der Waals surface area (Å²) in [6, 6.07) is 4.34. The summed E-state index contributed by atoms with van der Waals surface area (Å²) in [7, 11) is -1.27. The van der Waals surface area contributed by atoms with Gasteiger partial charge in [0.25, 0.3) is 0 Å². The molecule has 11 nitrogen and oxygen atoms in total. The monoisotopic (exact) mass is 553 g/mol. The summed E-state index contributed by atoms with van der Waals surface area (Å²) < 4.78 is 32.0. The van der Waals surface area contributed by atoms with Crippen molar-refractivity contribution in [1.82, 2.24) is 30.0 Å². The van der Waals surface area contributed by atoms with Gasteiger partial charge in [-0.15, -0.1) is 0 Å². The number of benzene rings is 1. The third kappa shape index (κ3) is 5.72. The number of methoxy groups -OCH3 is 1. The van der Waals surface area contributed by atoms with E-state index in [4.69, 9.17) is 28.2 Å². The summed E-state index contributed by atoms with van der Waals surface area (Å²) >= 11 is 12.9. The fourth-order valence-electron chi connectivity index (χ4n) is 3.50. The number of aromatic amines is 1. The van der Waals surface area contributed by atoms with Crippen LogP contribution in [-0.2, 0) is 14.8 Å². The molecular formula is C22H25Cl2N7O4S. The zero-order valence-corrected chi connectivity index (χ0v) is 22.1. The number of hydrogen-bond donors (Lipinski definition) is 4. The summed E-state index contributed by atoms with van der Waals surface area (Å²) in [6.07, 6.45) is 3.04. The summed E-state index contributed by atoms with van der Waals surface area (Å²) in [4.78, 5) is 28.2. The van der Waals surface area contributed by atoms with Crippen LogP contribution in [0.3, 0.4) is 0 Å². The second-order valence-corrected chi connectivity index (χ2v) is 10.9. The van der Waals surface area contributed by atoms with Crippen LogP contribution < -0.4 is 15.4 Å². The molecule has 14 heteroatoms. The van der Waals surface area contributed by atoms with E-state index in [9.17, 15) is 13.2 Å². The maximum atomic E-state index is 12.5. The quantitative estimate of drug-likeness (QED) is 0.312. The van der Waals surface area contributed by atoms with E-state index in [2.05, 4.69) is 35.0 Å². The SMILES string of the molecule is CNS(=O)(=O)c1cc(Cl)cc(-c2nc(C3CC3)[nH]c2-c2ccnc(NC[C@H](C)NC(=O)OC)n2)c1Cl. The van der Waals surface area contributed by atoms with E-state index < -0.39 is 16.1 Å². The third-order valence-corrected chi connectivity index (χ3v) is 7.71. The zero-order valence-electron chi connectivity index (χ0n) is 19.7. The molecule has 2 heterocycles. The molecule has 1 aliphatic rings. The maximum Gasteiger partial charge on any atom is 0.407 e. The molecule has 3 aromatic rings. The van der Waals surface area contributed by atoms with Crippen LogP contribution in [0.15, 0.2) is 29.3 Å². The number of amides is 1. The van der Waals surface area contributed by atoms with Crippen molar-refractivity contribution in [1.29, 1.82) is 0 Å². The number of alkyl carbamates (subject to hydrolysis) is 1. The van der Waals surface area contributed by atoms with Crippen LogP contribution in [0.2, 0.25) is 10.0 Å². The fraction of sp³-hybridized carbons (Fsp3) is 0.364. The highest BCUT2D eigenvalue weighted by Gasteiger charge is 2.30. The van der Waals surface area contributed by atoms with E-state index in [0.717, 1.165) is 18.7 Å². The molecule has 0 unspecified atom stereocenters. The van der Waals surface area contributed by atoms with Crippen molar-refractivity contribution in [3.63, 3.8) is 0 Å². The first-order valence-electron chi connectivity index (χ1n) is 11.1. The van der Waals surface area contributed by atoms with E-state index >= 15 is 0 Å². The fourth-order valence-corrected chi connectivity index (χ4v) is 5.14.